The lowest BCUT2D eigenvalue weighted by atomic mass is 9.94. The SMILES string of the molecule is O=C(Cc1c(F)cccc1Cl)N1CCCC(CCO)C1. The minimum atomic E-state index is -0.435. The lowest BCUT2D eigenvalue weighted by Gasteiger charge is -2.32. The number of aliphatic hydroxyl groups is 1. The first kappa shape index (κ1) is 15.3. The predicted octanol–water partition coefficient (Wildman–Crippen LogP) is 2.64. The average Bonchev–Trinajstić information content (AvgIpc) is 2.43. The Kier molecular flexibility index (Phi) is 5.38. The summed E-state index contributed by atoms with van der Waals surface area (Å²) in [6.07, 6.45) is 2.67. The number of benzene rings is 1. The molecule has 1 amide bonds. The first-order chi connectivity index (χ1) is 9.61. The lowest BCUT2D eigenvalue weighted by molar-refractivity contribution is -0.132. The van der Waals surface area contributed by atoms with Gasteiger partial charge in [-0.1, -0.05) is 17.7 Å². The summed E-state index contributed by atoms with van der Waals surface area (Å²) in [6, 6.07) is 4.45. The Hall–Kier alpha value is -1.13. The molecule has 1 heterocycles. The van der Waals surface area contributed by atoms with E-state index in [1.165, 1.54) is 12.1 Å². The summed E-state index contributed by atoms with van der Waals surface area (Å²) < 4.78 is 13.7. The van der Waals surface area contributed by atoms with Crippen molar-refractivity contribution in [1.29, 1.82) is 0 Å². The summed E-state index contributed by atoms with van der Waals surface area (Å²) >= 11 is 5.95. The van der Waals surface area contributed by atoms with Crippen LogP contribution in [0.3, 0.4) is 0 Å². The van der Waals surface area contributed by atoms with E-state index in [1.54, 1.807) is 11.0 Å². The molecule has 1 aromatic rings. The van der Waals surface area contributed by atoms with Crippen molar-refractivity contribution in [3.63, 3.8) is 0 Å². The van der Waals surface area contributed by atoms with Crippen molar-refractivity contribution in [2.75, 3.05) is 19.7 Å². The topological polar surface area (TPSA) is 40.5 Å². The predicted molar refractivity (Wildman–Crippen MR) is 76.1 cm³/mol. The highest BCUT2D eigenvalue weighted by atomic mass is 35.5. The number of piperidine rings is 1. The van der Waals surface area contributed by atoms with Crippen LogP contribution >= 0.6 is 11.6 Å². The van der Waals surface area contributed by atoms with Crippen molar-refractivity contribution in [1.82, 2.24) is 4.90 Å². The van der Waals surface area contributed by atoms with Gasteiger partial charge in [0.25, 0.3) is 0 Å². The van der Waals surface area contributed by atoms with Crippen molar-refractivity contribution < 1.29 is 14.3 Å². The van der Waals surface area contributed by atoms with Gasteiger partial charge in [-0.2, -0.15) is 0 Å². The second-order valence-corrected chi connectivity index (χ2v) is 5.64. The molecule has 3 nitrogen and oxygen atoms in total. The first-order valence-corrected chi connectivity index (χ1v) is 7.31. The van der Waals surface area contributed by atoms with Crippen LogP contribution in [0, 0.1) is 11.7 Å². The Bertz CT molecular complexity index is 459. The Labute approximate surface area is 123 Å². The molecular weight excluding hydrogens is 281 g/mol. The van der Waals surface area contributed by atoms with E-state index in [2.05, 4.69) is 0 Å². The molecule has 0 bridgehead atoms. The van der Waals surface area contributed by atoms with E-state index in [-0.39, 0.29) is 24.5 Å². The van der Waals surface area contributed by atoms with Crippen LogP contribution in [0.4, 0.5) is 4.39 Å². The summed E-state index contributed by atoms with van der Waals surface area (Å²) in [5.74, 6) is -0.191. The van der Waals surface area contributed by atoms with E-state index in [0.717, 1.165) is 12.8 Å². The van der Waals surface area contributed by atoms with E-state index in [0.29, 0.717) is 30.5 Å². The molecule has 0 aromatic heterocycles. The fourth-order valence-corrected chi connectivity index (χ4v) is 2.90. The lowest BCUT2D eigenvalue weighted by Crippen LogP contribution is -2.41. The van der Waals surface area contributed by atoms with Crippen LogP contribution < -0.4 is 0 Å². The van der Waals surface area contributed by atoms with Crippen molar-refractivity contribution in [2.24, 2.45) is 5.92 Å². The number of amides is 1. The van der Waals surface area contributed by atoms with Crippen molar-refractivity contribution in [3.8, 4) is 0 Å². The van der Waals surface area contributed by atoms with Crippen LogP contribution in [0.5, 0.6) is 0 Å². The zero-order chi connectivity index (χ0) is 14.5. The van der Waals surface area contributed by atoms with Crippen LogP contribution in [0.1, 0.15) is 24.8 Å². The van der Waals surface area contributed by atoms with Crippen LogP contribution in [0.25, 0.3) is 0 Å². The van der Waals surface area contributed by atoms with Gasteiger partial charge >= 0.3 is 0 Å². The first-order valence-electron chi connectivity index (χ1n) is 6.93. The Balaban J connectivity index is 2.01. The minimum absolute atomic E-state index is 0.00263. The van der Waals surface area contributed by atoms with Gasteiger partial charge in [-0.15, -0.1) is 0 Å². The number of halogens is 2. The molecule has 2 rings (SSSR count). The van der Waals surface area contributed by atoms with Gasteiger partial charge in [0.1, 0.15) is 5.82 Å². The number of rotatable bonds is 4. The molecule has 1 aliphatic rings. The highest BCUT2D eigenvalue weighted by Crippen LogP contribution is 2.23. The summed E-state index contributed by atoms with van der Waals surface area (Å²) in [5, 5.41) is 9.27. The average molecular weight is 300 g/mol. The van der Waals surface area contributed by atoms with Gasteiger partial charge in [-0.05, 0) is 37.3 Å². The van der Waals surface area contributed by atoms with Gasteiger partial charge in [0, 0.05) is 30.3 Å². The zero-order valence-electron chi connectivity index (χ0n) is 11.3. The van der Waals surface area contributed by atoms with Gasteiger partial charge < -0.3 is 10.0 Å². The molecule has 0 spiro atoms. The van der Waals surface area contributed by atoms with Gasteiger partial charge in [0.2, 0.25) is 5.91 Å². The highest BCUT2D eigenvalue weighted by molar-refractivity contribution is 6.31. The maximum Gasteiger partial charge on any atom is 0.227 e. The molecule has 1 N–H and O–H groups in total. The second-order valence-electron chi connectivity index (χ2n) is 5.24. The van der Waals surface area contributed by atoms with E-state index in [1.807, 2.05) is 0 Å². The monoisotopic (exact) mass is 299 g/mol. The molecular formula is C15H19ClFNO2. The summed E-state index contributed by atoms with van der Waals surface area (Å²) in [5.41, 5.74) is 0.267. The molecule has 5 heteroatoms. The maximum atomic E-state index is 13.7. The Morgan fingerprint density at radius 1 is 1.50 bits per heavy atom. The number of likely N-dealkylation sites (tertiary alicyclic amines) is 1. The molecule has 1 unspecified atom stereocenters. The third-order valence-corrected chi connectivity index (χ3v) is 4.15. The Morgan fingerprint density at radius 2 is 2.30 bits per heavy atom. The quantitative estimate of drug-likeness (QED) is 0.928. The van der Waals surface area contributed by atoms with Gasteiger partial charge in [0.05, 0.1) is 6.42 Å². The normalized spacial score (nSPS) is 19.1. The van der Waals surface area contributed by atoms with Crippen molar-refractivity contribution in [2.45, 2.75) is 25.7 Å². The largest absolute Gasteiger partial charge is 0.396 e. The minimum Gasteiger partial charge on any atom is -0.396 e. The summed E-state index contributed by atoms with van der Waals surface area (Å²) in [4.78, 5) is 14.0. The summed E-state index contributed by atoms with van der Waals surface area (Å²) in [7, 11) is 0. The molecule has 1 fully saturated rings. The molecule has 1 saturated heterocycles. The standard InChI is InChI=1S/C15H19ClFNO2/c16-13-4-1-5-14(17)12(13)9-15(20)18-7-2-3-11(10-18)6-8-19/h1,4-5,11,19H,2-3,6-10H2. The number of nitrogens with zero attached hydrogens (tertiary/aromatic N) is 1. The summed E-state index contributed by atoms with van der Waals surface area (Å²) in [6.45, 7) is 1.49. The number of carbonyl (C=O) groups excluding carboxylic acids is 1. The van der Waals surface area contributed by atoms with E-state index in [9.17, 15) is 9.18 Å². The molecule has 1 aromatic carbocycles. The number of aliphatic hydroxyl groups excluding tert-OH is 1. The van der Waals surface area contributed by atoms with E-state index < -0.39 is 5.82 Å². The van der Waals surface area contributed by atoms with Crippen LogP contribution in [-0.4, -0.2) is 35.6 Å². The fraction of sp³-hybridized carbons (Fsp3) is 0.533. The number of carbonyl (C=O) groups is 1. The third kappa shape index (κ3) is 3.70. The van der Waals surface area contributed by atoms with E-state index in [4.69, 9.17) is 16.7 Å². The second kappa shape index (κ2) is 7.04. The Morgan fingerprint density at radius 3 is 3.00 bits per heavy atom. The zero-order valence-corrected chi connectivity index (χ0v) is 12.1. The van der Waals surface area contributed by atoms with Crippen LogP contribution in [0.15, 0.2) is 18.2 Å². The maximum absolute atomic E-state index is 13.7. The van der Waals surface area contributed by atoms with Gasteiger partial charge in [0.15, 0.2) is 0 Å². The third-order valence-electron chi connectivity index (χ3n) is 3.80. The van der Waals surface area contributed by atoms with Gasteiger partial charge in [-0.3, -0.25) is 4.79 Å². The fourth-order valence-electron chi connectivity index (χ4n) is 2.67. The molecule has 0 radical (unpaired) electrons. The number of hydrogen-bond acceptors (Lipinski definition) is 2. The smallest absolute Gasteiger partial charge is 0.227 e. The highest BCUT2D eigenvalue weighted by Gasteiger charge is 2.24. The molecule has 0 aliphatic carbocycles. The van der Waals surface area contributed by atoms with Crippen LogP contribution in [-0.2, 0) is 11.2 Å². The molecule has 1 aliphatic heterocycles. The van der Waals surface area contributed by atoms with Crippen LogP contribution in [0.2, 0.25) is 5.02 Å². The molecule has 1 atom stereocenters. The van der Waals surface area contributed by atoms with Gasteiger partial charge in [-0.25, -0.2) is 4.39 Å². The molecule has 20 heavy (non-hydrogen) atoms. The van der Waals surface area contributed by atoms with E-state index >= 15 is 0 Å². The number of hydrogen-bond donors (Lipinski definition) is 1. The molecule has 0 saturated carbocycles. The molecule has 110 valence electrons. The van der Waals surface area contributed by atoms with Crippen molar-refractivity contribution >= 4 is 17.5 Å². The van der Waals surface area contributed by atoms with Crippen molar-refractivity contribution in [3.05, 3.63) is 34.6 Å².